The molecule has 0 saturated carbocycles. The van der Waals surface area contributed by atoms with Crippen molar-refractivity contribution in [3.63, 3.8) is 0 Å². The quantitative estimate of drug-likeness (QED) is 0.789. The van der Waals surface area contributed by atoms with Gasteiger partial charge in [0.05, 0.1) is 12.6 Å². The SMILES string of the molecule is O=C1CCC(c2ccc(Br)cc2)C2OC[C@H](c3ccccc3)N12. The van der Waals surface area contributed by atoms with Gasteiger partial charge in [-0.05, 0) is 29.7 Å². The van der Waals surface area contributed by atoms with E-state index >= 15 is 0 Å². The third-order valence-electron chi connectivity index (χ3n) is 4.82. The third kappa shape index (κ3) is 2.70. The maximum Gasteiger partial charge on any atom is 0.225 e. The van der Waals surface area contributed by atoms with E-state index in [-0.39, 0.29) is 24.1 Å². The van der Waals surface area contributed by atoms with Gasteiger partial charge in [0.2, 0.25) is 5.91 Å². The summed E-state index contributed by atoms with van der Waals surface area (Å²) < 4.78 is 7.15. The molecule has 23 heavy (non-hydrogen) atoms. The van der Waals surface area contributed by atoms with Gasteiger partial charge < -0.3 is 9.64 Å². The number of carbonyl (C=O) groups is 1. The molecule has 2 aromatic carbocycles. The Hall–Kier alpha value is -1.65. The first-order chi connectivity index (χ1) is 11.2. The van der Waals surface area contributed by atoms with Crippen molar-refractivity contribution in [3.8, 4) is 0 Å². The van der Waals surface area contributed by atoms with Gasteiger partial charge in [0.15, 0.2) is 0 Å². The summed E-state index contributed by atoms with van der Waals surface area (Å²) in [5.41, 5.74) is 2.39. The monoisotopic (exact) mass is 371 g/mol. The Bertz CT molecular complexity index is 701. The molecule has 1 amide bonds. The minimum absolute atomic E-state index is 0.0342. The highest BCUT2D eigenvalue weighted by Crippen LogP contribution is 2.43. The number of halogens is 1. The summed E-state index contributed by atoms with van der Waals surface area (Å²) in [5, 5.41) is 0. The molecule has 2 fully saturated rings. The van der Waals surface area contributed by atoms with Crippen molar-refractivity contribution >= 4 is 21.8 Å². The minimum atomic E-state index is -0.150. The highest BCUT2D eigenvalue weighted by Gasteiger charge is 2.46. The van der Waals surface area contributed by atoms with Gasteiger partial charge in [0.25, 0.3) is 0 Å². The van der Waals surface area contributed by atoms with Crippen LogP contribution < -0.4 is 0 Å². The van der Waals surface area contributed by atoms with Crippen LogP contribution in [0.4, 0.5) is 0 Å². The first-order valence-corrected chi connectivity index (χ1v) is 8.76. The van der Waals surface area contributed by atoms with E-state index in [2.05, 4.69) is 52.3 Å². The molecule has 3 nitrogen and oxygen atoms in total. The van der Waals surface area contributed by atoms with E-state index < -0.39 is 0 Å². The van der Waals surface area contributed by atoms with E-state index in [0.29, 0.717) is 13.0 Å². The number of nitrogens with zero attached hydrogens (tertiary/aromatic N) is 1. The Morgan fingerprint density at radius 2 is 1.74 bits per heavy atom. The van der Waals surface area contributed by atoms with Gasteiger partial charge >= 0.3 is 0 Å². The van der Waals surface area contributed by atoms with Crippen molar-refractivity contribution < 1.29 is 9.53 Å². The Morgan fingerprint density at radius 1 is 1.00 bits per heavy atom. The Labute approximate surface area is 144 Å². The van der Waals surface area contributed by atoms with Crippen LogP contribution in [-0.2, 0) is 9.53 Å². The maximum absolute atomic E-state index is 12.5. The summed E-state index contributed by atoms with van der Waals surface area (Å²) in [4.78, 5) is 14.5. The predicted octanol–water partition coefficient (Wildman–Crippen LogP) is 4.25. The molecule has 0 spiro atoms. The smallest absolute Gasteiger partial charge is 0.225 e. The lowest BCUT2D eigenvalue weighted by Gasteiger charge is -2.38. The number of hydrogen-bond donors (Lipinski definition) is 0. The van der Waals surface area contributed by atoms with E-state index in [1.807, 2.05) is 23.1 Å². The van der Waals surface area contributed by atoms with Crippen LogP contribution in [0.5, 0.6) is 0 Å². The molecule has 2 aliphatic heterocycles. The number of ether oxygens (including phenoxy) is 1. The van der Waals surface area contributed by atoms with E-state index in [1.165, 1.54) is 5.56 Å². The zero-order valence-corrected chi connectivity index (χ0v) is 14.3. The minimum Gasteiger partial charge on any atom is -0.355 e. The molecule has 0 bridgehead atoms. The molecule has 2 unspecified atom stereocenters. The van der Waals surface area contributed by atoms with Gasteiger partial charge in [-0.15, -0.1) is 0 Å². The molecule has 2 heterocycles. The number of benzene rings is 2. The van der Waals surface area contributed by atoms with Gasteiger partial charge in [0.1, 0.15) is 6.23 Å². The summed E-state index contributed by atoms with van der Waals surface area (Å²) in [6.45, 7) is 0.577. The summed E-state index contributed by atoms with van der Waals surface area (Å²) in [7, 11) is 0. The predicted molar refractivity (Wildman–Crippen MR) is 91.9 cm³/mol. The van der Waals surface area contributed by atoms with Crippen molar-refractivity contribution in [2.45, 2.75) is 31.0 Å². The van der Waals surface area contributed by atoms with Crippen molar-refractivity contribution in [3.05, 3.63) is 70.2 Å². The molecular formula is C19H18BrNO2. The number of fused-ring (bicyclic) bond motifs is 1. The van der Waals surface area contributed by atoms with E-state index in [1.54, 1.807) is 0 Å². The molecule has 2 saturated heterocycles. The Kier molecular flexibility index (Phi) is 3.95. The number of piperidine rings is 1. The lowest BCUT2D eigenvalue weighted by Crippen LogP contribution is -2.45. The molecule has 0 N–H and O–H groups in total. The average molecular weight is 372 g/mol. The largest absolute Gasteiger partial charge is 0.355 e. The standard InChI is InChI=1S/C19H18BrNO2/c20-15-8-6-13(7-9-15)16-10-11-18(22)21-17(12-23-19(16)21)14-4-2-1-3-5-14/h1-9,16-17,19H,10-12H2/t16?,17-,19?/m1/s1. The van der Waals surface area contributed by atoms with E-state index in [9.17, 15) is 4.79 Å². The summed E-state index contributed by atoms with van der Waals surface area (Å²) in [6, 6.07) is 18.6. The lowest BCUT2D eigenvalue weighted by atomic mass is 9.88. The number of hydrogen-bond acceptors (Lipinski definition) is 2. The van der Waals surface area contributed by atoms with Gasteiger partial charge in [-0.2, -0.15) is 0 Å². The fraction of sp³-hybridized carbons (Fsp3) is 0.316. The molecular weight excluding hydrogens is 354 g/mol. The summed E-state index contributed by atoms with van der Waals surface area (Å²) >= 11 is 3.48. The first kappa shape index (κ1) is 14.9. The van der Waals surface area contributed by atoms with Crippen LogP contribution in [0.15, 0.2) is 59.1 Å². The Balaban J connectivity index is 1.65. The summed E-state index contributed by atoms with van der Waals surface area (Å²) in [5.74, 6) is 0.448. The molecule has 0 aromatic heterocycles. The second-order valence-corrected chi connectivity index (χ2v) is 7.06. The topological polar surface area (TPSA) is 29.5 Å². The van der Waals surface area contributed by atoms with Crippen LogP contribution in [0.2, 0.25) is 0 Å². The zero-order valence-electron chi connectivity index (χ0n) is 12.7. The van der Waals surface area contributed by atoms with Gasteiger partial charge in [0, 0.05) is 16.8 Å². The molecule has 3 atom stereocenters. The molecule has 2 aliphatic rings. The van der Waals surface area contributed by atoms with Crippen molar-refractivity contribution in [2.75, 3.05) is 6.61 Å². The van der Waals surface area contributed by atoms with Gasteiger partial charge in [-0.1, -0.05) is 58.4 Å². The molecule has 118 valence electrons. The first-order valence-electron chi connectivity index (χ1n) is 7.97. The molecule has 4 rings (SSSR count). The second kappa shape index (κ2) is 6.10. The highest BCUT2D eigenvalue weighted by atomic mass is 79.9. The molecule has 2 aromatic rings. The zero-order chi connectivity index (χ0) is 15.8. The maximum atomic E-state index is 12.5. The fourth-order valence-electron chi connectivity index (χ4n) is 3.68. The van der Waals surface area contributed by atoms with Crippen LogP contribution in [0.3, 0.4) is 0 Å². The summed E-state index contributed by atoms with van der Waals surface area (Å²) in [6.07, 6.45) is 1.29. The van der Waals surface area contributed by atoms with Gasteiger partial charge in [-0.3, -0.25) is 4.79 Å². The van der Waals surface area contributed by atoms with Crippen LogP contribution in [-0.4, -0.2) is 23.6 Å². The molecule has 0 radical (unpaired) electrons. The van der Waals surface area contributed by atoms with E-state index in [0.717, 1.165) is 16.5 Å². The lowest BCUT2D eigenvalue weighted by molar-refractivity contribution is -0.144. The molecule has 4 heteroatoms. The van der Waals surface area contributed by atoms with Crippen molar-refractivity contribution in [2.24, 2.45) is 0 Å². The van der Waals surface area contributed by atoms with Gasteiger partial charge in [-0.25, -0.2) is 0 Å². The van der Waals surface area contributed by atoms with Crippen LogP contribution in [0.25, 0.3) is 0 Å². The molecule has 0 aliphatic carbocycles. The second-order valence-electron chi connectivity index (χ2n) is 6.15. The van der Waals surface area contributed by atoms with Crippen molar-refractivity contribution in [1.82, 2.24) is 4.90 Å². The third-order valence-corrected chi connectivity index (χ3v) is 5.35. The normalized spacial score (nSPS) is 27.1. The highest BCUT2D eigenvalue weighted by molar-refractivity contribution is 9.10. The fourth-order valence-corrected chi connectivity index (χ4v) is 3.94. The average Bonchev–Trinajstić information content (AvgIpc) is 3.03. The van der Waals surface area contributed by atoms with E-state index in [4.69, 9.17) is 4.74 Å². The number of amides is 1. The number of rotatable bonds is 2. The van der Waals surface area contributed by atoms with Crippen LogP contribution >= 0.6 is 15.9 Å². The van der Waals surface area contributed by atoms with Crippen LogP contribution in [0, 0.1) is 0 Å². The Morgan fingerprint density at radius 3 is 2.48 bits per heavy atom. The number of carbonyl (C=O) groups excluding carboxylic acids is 1. The van der Waals surface area contributed by atoms with Crippen molar-refractivity contribution in [1.29, 1.82) is 0 Å². The van der Waals surface area contributed by atoms with Crippen LogP contribution in [0.1, 0.15) is 35.9 Å².